The van der Waals surface area contributed by atoms with Crippen LogP contribution in [0.25, 0.3) is 17.1 Å². The van der Waals surface area contributed by atoms with Crippen molar-refractivity contribution in [2.75, 3.05) is 13.7 Å². The van der Waals surface area contributed by atoms with Gasteiger partial charge in [0, 0.05) is 36.3 Å². The number of fused-ring (bicyclic) bond motifs is 1. The van der Waals surface area contributed by atoms with Gasteiger partial charge in [0.15, 0.2) is 0 Å². The number of nitrogens with zero attached hydrogens (tertiary/aromatic N) is 2. The second-order valence-corrected chi connectivity index (χ2v) is 5.81. The minimum Gasteiger partial charge on any atom is -0.496 e. The van der Waals surface area contributed by atoms with Gasteiger partial charge in [-0.1, -0.05) is 6.07 Å². The Bertz CT molecular complexity index is 965. The second kappa shape index (κ2) is 6.05. The van der Waals surface area contributed by atoms with E-state index in [4.69, 9.17) is 4.74 Å². The highest BCUT2D eigenvalue weighted by molar-refractivity contribution is 5.97. The fraction of sp³-hybridized carbons (Fsp3) is 0.158. The van der Waals surface area contributed by atoms with E-state index >= 15 is 0 Å². The van der Waals surface area contributed by atoms with Crippen LogP contribution >= 0.6 is 0 Å². The molecule has 1 aliphatic rings. The van der Waals surface area contributed by atoms with Gasteiger partial charge in [0.1, 0.15) is 17.4 Å². The summed E-state index contributed by atoms with van der Waals surface area (Å²) in [6.07, 6.45) is 4.29. The van der Waals surface area contributed by atoms with Crippen LogP contribution in [-0.2, 0) is 6.42 Å². The van der Waals surface area contributed by atoms with Crippen molar-refractivity contribution in [1.29, 1.82) is 0 Å². The summed E-state index contributed by atoms with van der Waals surface area (Å²) in [6, 6.07) is 10.1. The highest BCUT2D eigenvalue weighted by atomic mass is 19.1. The minimum atomic E-state index is -0.371. The first-order valence-electron chi connectivity index (χ1n) is 7.96. The monoisotopic (exact) mass is 337 g/mol. The third-order valence-electron chi connectivity index (χ3n) is 4.34. The summed E-state index contributed by atoms with van der Waals surface area (Å²) in [6.45, 7) is 0.661. The summed E-state index contributed by atoms with van der Waals surface area (Å²) in [5, 5.41) is 2.86. The van der Waals surface area contributed by atoms with Crippen LogP contribution in [0, 0.1) is 5.82 Å². The number of ether oxygens (including phenoxy) is 1. The summed E-state index contributed by atoms with van der Waals surface area (Å²) < 4.78 is 20.6. The van der Waals surface area contributed by atoms with E-state index in [0.29, 0.717) is 29.2 Å². The average molecular weight is 337 g/mol. The molecule has 0 aliphatic carbocycles. The van der Waals surface area contributed by atoms with Gasteiger partial charge in [0.05, 0.1) is 12.7 Å². The van der Waals surface area contributed by atoms with Gasteiger partial charge in [-0.05, 0) is 36.2 Å². The maximum atomic E-state index is 13.5. The van der Waals surface area contributed by atoms with Crippen molar-refractivity contribution < 1.29 is 13.9 Å². The Morgan fingerprint density at radius 2 is 2.08 bits per heavy atom. The number of nitrogens with one attached hydrogen (secondary N) is 1. The molecule has 0 radical (unpaired) electrons. The first-order chi connectivity index (χ1) is 12.2. The third-order valence-corrected chi connectivity index (χ3v) is 4.34. The number of hydrogen-bond acceptors (Lipinski definition) is 3. The number of carbonyl (C=O) groups excluding carboxylic acids is 1. The summed E-state index contributed by atoms with van der Waals surface area (Å²) in [7, 11) is 1.49. The molecule has 1 amide bonds. The number of aromatic nitrogens is 2. The predicted molar refractivity (Wildman–Crippen MR) is 91.5 cm³/mol. The average Bonchev–Trinajstić information content (AvgIpc) is 3.11. The zero-order valence-electron chi connectivity index (χ0n) is 13.6. The zero-order chi connectivity index (χ0) is 17.4. The van der Waals surface area contributed by atoms with E-state index in [1.54, 1.807) is 18.5 Å². The lowest BCUT2D eigenvalue weighted by Crippen LogP contribution is -2.31. The number of amides is 1. The molecule has 6 heteroatoms. The minimum absolute atomic E-state index is 0.0656. The Hall–Kier alpha value is -3.15. The lowest BCUT2D eigenvalue weighted by atomic mass is 9.99. The molecule has 5 nitrogen and oxygen atoms in total. The molecule has 0 unspecified atom stereocenters. The molecule has 0 bridgehead atoms. The highest BCUT2D eigenvalue weighted by Gasteiger charge is 2.19. The Kier molecular flexibility index (Phi) is 3.72. The van der Waals surface area contributed by atoms with Crippen molar-refractivity contribution in [3.8, 4) is 22.8 Å². The van der Waals surface area contributed by atoms with Crippen LogP contribution in [0.15, 0.2) is 48.8 Å². The summed E-state index contributed by atoms with van der Waals surface area (Å²) in [4.78, 5) is 16.5. The Balaban J connectivity index is 1.83. The topological polar surface area (TPSA) is 56.2 Å². The molecular weight excluding hydrogens is 321 g/mol. The van der Waals surface area contributed by atoms with Gasteiger partial charge in [-0.3, -0.25) is 9.36 Å². The largest absolute Gasteiger partial charge is 0.496 e. The van der Waals surface area contributed by atoms with Crippen molar-refractivity contribution in [3.63, 3.8) is 0 Å². The van der Waals surface area contributed by atoms with E-state index in [2.05, 4.69) is 10.3 Å². The Morgan fingerprint density at radius 3 is 2.92 bits per heavy atom. The maximum absolute atomic E-state index is 13.5. The van der Waals surface area contributed by atoms with Crippen molar-refractivity contribution in [3.05, 3.63) is 65.7 Å². The smallest absolute Gasteiger partial charge is 0.251 e. The van der Waals surface area contributed by atoms with Crippen molar-refractivity contribution >= 4 is 5.91 Å². The van der Waals surface area contributed by atoms with E-state index in [1.807, 2.05) is 22.8 Å². The fourth-order valence-electron chi connectivity index (χ4n) is 3.11. The molecule has 4 rings (SSSR count). The van der Waals surface area contributed by atoms with Crippen LogP contribution < -0.4 is 10.1 Å². The van der Waals surface area contributed by atoms with Gasteiger partial charge in [-0.25, -0.2) is 9.37 Å². The Morgan fingerprint density at radius 1 is 1.20 bits per heavy atom. The fourth-order valence-corrected chi connectivity index (χ4v) is 3.11. The van der Waals surface area contributed by atoms with Crippen LogP contribution in [0.1, 0.15) is 15.9 Å². The molecule has 2 aromatic carbocycles. The quantitative estimate of drug-likeness (QED) is 0.799. The number of rotatable bonds is 3. The van der Waals surface area contributed by atoms with Crippen molar-refractivity contribution in [2.24, 2.45) is 0 Å². The van der Waals surface area contributed by atoms with E-state index in [0.717, 1.165) is 17.7 Å². The van der Waals surface area contributed by atoms with Gasteiger partial charge in [-0.2, -0.15) is 0 Å². The molecule has 25 heavy (non-hydrogen) atoms. The van der Waals surface area contributed by atoms with Crippen molar-refractivity contribution in [2.45, 2.75) is 6.42 Å². The van der Waals surface area contributed by atoms with Gasteiger partial charge in [-0.15, -0.1) is 0 Å². The molecule has 0 saturated heterocycles. The SMILES string of the molecule is COc1cc(F)ccc1-c1nccn1-c1ccc2c(c1)C(=O)NCC2. The summed E-state index contributed by atoms with van der Waals surface area (Å²) in [5.41, 5.74) is 3.20. The Labute approximate surface area is 144 Å². The van der Waals surface area contributed by atoms with Crippen LogP contribution in [0.5, 0.6) is 5.75 Å². The number of carbonyl (C=O) groups is 1. The molecule has 1 aromatic heterocycles. The lowest BCUT2D eigenvalue weighted by molar-refractivity contribution is 0.0946. The number of benzene rings is 2. The molecule has 1 N–H and O–H groups in total. The third kappa shape index (κ3) is 2.65. The van der Waals surface area contributed by atoms with Gasteiger partial charge in [0.25, 0.3) is 5.91 Å². The summed E-state index contributed by atoms with van der Waals surface area (Å²) >= 11 is 0. The molecule has 1 aliphatic heterocycles. The molecule has 3 aromatic rings. The maximum Gasteiger partial charge on any atom is 0.251 e. The molecule has 126 valence electrons. The van der Waals surface area contributed by atoms with Crippen LogP contribution in [0.4, 0.5) is 4.39 Å². The van der Waals surface area contributed by atoms with Gasteiger partial charge in [0.2, 0.25) is 0 Å². The van der Waals surface area contributed by atoms with E-state index in [1.165, 1.54) is 19.2 Å². The van der Waals surface area contributed by atoms with Crippen LogP contribution in [0.2, 0.25) is 0 Å². The molecular formula is C19H16FN3O2. The number of halogens is 1. The lowest BCUT2D eigenvalue weighted by Gasteiger charge is -2.18. The molecule has 0 saturated carbocycles. The standard InChI is InChI=1S/C19H16FN3O2/c1-25-17-10-13(20)3-5-15(17)18-21-8-9-23(18)14-4-2-12-6-7-22-19(24)16(12)11-14/h2-5,8-11H,6-7H2,1H3,(H,22,24). The molecule has 0 atom stereocenters. The number of imidazole rings is 1. The second-order valence-electron chi connectivity index (χ2n) is 5.81. The molecule has 0 spiro atoms. The van der Waals surface area contributed by atoms with Crippen LogP contribution in [-0.4, -0.2) is 29.1 Å². The molecule has 0 fully saturated rings. The predicted octanol–water partition coefficient (Wildman–Crippen LogP) is 2.97. The van der Waals surface area contributed by atoms with E-state index < -0.39 is 0 Å². The normalized spacial score (nSPS) is 13.3. The van der Waals surface area contributed by atoms with Crippen molar-refractivity contribution in [1.82, 2.24) is 14.9 Å². The van der Waals surface area contributed by atoms with Crippen LogP contribution in [0.3, 0.4) is 0 Å². The molecule has 2 heterocycles. The van der Waals surface area contributed by atoms with E-state index in [9.17, 15) is 9.18 Å². The first-order valence-corrected chi connectivity index (χ1v) is 7.96. The summed E-state index contributed by atoms with van der Waals surface area (Å²) in [5.74, 6) is 0.587. The number of hydrogen-bond donors (Lipinski definition) is 1. The van der Waals surface area contributed by atoms with Gasteiger partial charge >= 0.3 is 0 Å². The first kappa shape index (κ1) is 15.4. The van der Waals surface area contributed by atoms with E-state index in [-0.39, 0.29) is 11.7 Å². The highest BCUT2D eigenvalue weighted by Crippen LogP contribution is 2.31. The number of methoxy groups -OCH3 is 1. The zero-order valence-corrected chi connectivity index (χ0v) is 13.6. The van der Waals surface area contributed by atoms with Gasteiger partial charge < -0.3 is 10.1 Å².